The molecule has 2 heterocycles. The van der Waals surface area contributed by atoms with E-state index in [0.29, 0.717) is 0 Å². The summed E-state index contributed by atoms with van der Waals surface area (Å²) in [5.74, 6) is -0.213. The molecule has 0 amide bonds. The van der Waals surface area contributed by atoms with Gasteiger partial charge in [-0.25, -0.2) is 4.39 Å². The second-order valence-corrected chi connectivity index (χ2v) is 5.90. The van der Waals surface area contributed by atoms with Crippen molar-refractivity contribution >= 4 is 10.9 Å². The number of piperazine rings is 1. The zero-order valence-corrected chi connectivity index (χ0v) is 12.9. The van der Waals surface area contributed by atoms with E-state index in [0.717, 1.165) is 54.9 Å². The third-order valence-corrected chi connectivity index (χ3v) is 4.39. The molecule has 0 spiro atoms. The Morgan fingerprint density at radius 1 is 1.04 bits per heavy atom. The summed E-state index contributed by atoms with van der Waals surface area (Å²) in [4.78, 5) is 2.40. The predicted octanol–water partition coefficient (Wildman–Crippen LogP) is 2.71. The molecule has 3 aromatic rings. The van der Waals surface area contributed by atoms with E-state index in [1.54, 1.807) is 0 Å². The minimum Gasteiger partial charge on any atom is -0.314 e. The maximum atomic E-state index is 13.2. The largest absolute Gasteiger partial charge is 0.314 e. The third-order valence-electron chi connectivity index (χ3n) is 4.39. The first-order valence-electron chi connectivity index (χ1n) is 7.95. The summed E-state index contributed by atoms with van der Waals surface area (Å²) < 4.78 is 15.2. The van der Waals surface area contributed by atoms with Crippen LogP contribution in [0.3, 0.4) is 0 Å². The van der Waals surface area contributed by atoms with E-state index in [4.69, 9.17) is 0 Å². The van der Waals surface area contributed by atoms with Crippen LogP contribution >= 0.6 is 0 Å². The second-order valence-electron chi connectivity index (χ2n) is 5.90. The van der Waals surface area contributed by atoms with E-state index in [9.17, 15) is 4.39 Å². The number of benzene rings is 2. The zero-order valence-electron chi connectivity index (χ0n) is 12.9. The van der Waals surface area contributed by atoms with Crippen molar-refractivity contribution in [3.8, 4) is 11.1 Å². The molecule has 0 radical (unpaired) electrons. The van der Waals surface area contributed by atoms with Gasteiger partial charge >= 0.3 is 0 Å². The molecule has 0 unspecified atom stereocenters. The maximum absolute atomic E-state index is 13.2. The third kappa shape index (κ3) is 2.85. The van der Waals surface area contributed by atoms with E-state index in [2.05, 4.69) is 27.4 Å². The van der Waals surface area contributed by atoms with Crippen LogP contribution in [0, 0.1) is 5.82 Å². The van der Waals surface area contributed by atoms with Crippen LogP contribution in [0.4, 0.5) is 4.39 Å². The first-order chi connectivity index (χ1) is 11.3. The van der Waals surface area contributed by atoms with Gasteiger partial charge in [0, 0.05) is 31.6 Å². The van der Waals surface area contributed by atoms with E-state index < -0.39 is 0 Å². The van der Waals surface area contributed by atoms with Gasteiger partial charge in [-0.05, 0) is 29.3 Å². The lowest BCUT2D eigenvalue weighted by atomic mass is 10.0. The average molecular weight is 310 g/mol. The predicted molar refractivity (Wildman–Crippen MR) is 89.6 cm³/mol. The Kier molecular flexibility index (Phi) is 3.81. The summed E-state index contributed by atoms with van der Waals surface area (Å²) in [6, 6.07) is 12.8. The SMILES string of the molecule is Fc1ccc(-c2cccc3c2cnn3CN2CCNCC2)cc1. The van der Waals surface area contributed by atoms with Crippen molar-refractivity contribution in [1.29, 1.82) is 0 Å². The van der Waals surface area contributed by atoms with Gasteiger partial charge in [0.2, 0.25) is 0 Å². The monoisotopic (exact) mass is 310 g/mol. The van der Waals surface area contributed by atoms with Gasteiger partial charge < -0.3 is 5.32 Å². The molecular formula is C18H19FN4. The number of hydrogen-bond acceptors (Lipinski definition) is 3. The second kappa shape index (κ2) is 6.10. The fourth-order valence-electron chi connectivity index (χ4n) is 3.14. The van der Waals surface area contributed by atoms with E-state index in [1.165, 1.54) is 12.1 Å². The Morgan fingerprint density at radius 3 is 2.61 bits per heavy atom. The summed E-state index contributed by atoms with van der Waals surface area (Å²) in [7, 11) is 0. The fraction of sp³-hybridized carbons (Fsp3) is 0.278. The number of rotatable bonds is 3. The van der Waals surface area contributed by atoms with E-state index in [1.807, 2.05) is 29.1 Å². The molecule has 0 atom stereocenters. The van der Waals surface area contributed by atoms with Gasteiger partial charge in [0.1, 0.15) is 5.82 Å². The molecule has 4 rings (SSSR count). The van der Waals surface area contributed by atoms with Gasteiger partial charge in [-0.1, -0.05) is 24.3 Å². The van der Waals surface area contributed by atoms with Crippen LogP contribution < -0.4 is 5.32 Å². The molecule has 1 saturated heterocycles. The van der Waals surface area contributed by atoms with Crippen molar-refractivity contribution in [3.63, 3.8) is 0 Å². The van der Waals surface area contributed by atoms with Crippen LogP contribution in [-0.4, -0.2) is 40.9 Å². The van der Waals surface area contributed by atoms with Crippen molar-refractivity contribution in [2.24, 2.45) is 0 Å². The van der Waals surface area contributed by atoms with Crippen molar-refractivity contribution in [1.82, 2.24) is 20.0 Å². The van der Waals surface area contributed by atoms with Crippen LogP contribution in [0.1, 0.15) is 0 Å². The van der Waals surface area contributed by atoms with Crippen molar-refractivity contribution in [2.45, 2.75) is 6.67 Å². The lowest BCUT2D eigenvalue weighted by Crippen LogP contribution is -2.44. The normalized spacial score (nSPS) is 16.0. The van der Waals surface area contributed by atoms with Gasteiger partial charge in [-0.15, -0.1) is 0 Å². The van der Waals surface area contributed by atoms with Crippen LogP contribution in [0.15, 0.2) is 48.7 Å². The highest BCUT2D eigenvalue weighted by molar-refractivity contribution is 5.94. The molecule has 1 N–H and O–H groups in total. The van der Waals surface area contributed by atoms with Crippen LogP contribution in [-0.2, 0) is 6.67 Å². The molecule has 5 heteroatoms. The Balaban J connectivity index is 1.69. The molecule has 4 nitrogen and oxygen atoms in total. The number of halogens is 1. The van der Waals surface area contributed by atoms with Crippen LogP contribution in [0.25, 0.3) is 22.0 Å². The molecular weight excluding hydrogens is 291 g/mol. The molecule has 1 aliphatic heterocycles. The molecule has 0 bridgehead atoms. The number of nitrogens with one attached hydrogen (secondary N) is 1. The number of fused-ring (bicyclic) bond motifs is 1. The summed E-state index contributed by atoms with van der Waals surface area (Å²) in [5, 5.41) is 9.04. The van der Waals surface area contributed by atoms with E-state index in [-0.39, 0.29) is 5.82 Å². The number of hydrogen-bond donors (Lipinski definition) is 1. The van der Waals surface area contributed by atoms with Crippen LogP contribution in [0.5, 0.6) is 0 Å². The first-order valence-corrected chi connectivity index (χ1v) is 7.95. The van der Waals surface area contributed by atoms with Gasteiger partial charge in [-0.3, -0.25) is 9.58 Å². The number of aromatic nitrogens is 2. The molecule has 0 saturated carbocycles. The fourth-order valence-corrected chi connectivity index (χ4v) is 3.14. The molecule has 1 aromatic heterocycles. The zero-order chi connectivity index (χ0) is 15.6. The summed E-state index contributed by atoms with van der Waals surface area (Å²) >= 11 is 0. The molecule has 1 aliphatic rings. The molecule has 118 valence electrons. The Labute approximate surface area is 134 Å². The number of nitrogens with zero attached hydrogens (tertiary/aromatic N) is 3. The molecule has 23 heavy (non-hydrogen) atoms. The quantitative estimate of drug-likeness (QED) is 0.807. The van der Waals surface area contributed by atoms with Gasteiger partial charge in [0.25, 0.3) is 0 Å². The lowest BCUT2D eigenvalue weighted by Gasteiger charge is -2.27. The lowest BCUT2D eigenvalue weighted by molar-refractivity contribution is 0.187. The highest BCUT2D eigenvalue weighted by Crippen LogP contribution is 2.28. The minimum absolute atomic E-state index is 0.213. The Bertz CT molecular complexity index is 804. The Morgan fingerprint density at radius 2 is 1.83 bits per heavy atom. The average Bonchev–Trinajstić information content (AvgIpc) is 3.00. The van der Waals surface area contributed by atoms with Gasteiger partial charge in [0.15, 0.2) is 0 Å². The molecule has 2 aromatic carbocycles. The molecule has 1 fully saturated rings. The summed E-state index contributed by atoms with van der Waals surface area (Å²) in [6.07, 6.45) is 1.91. The van der Waals surface area contributed by atoms with E-state index >= 15 is 0 Å². The van der Waals surface area contributed by atoms with Crippen molar-refractivity contribution in [2.75, 3.05) is 26.2 Å². The topological polar surface area (TPSA) is 33.1 Å². The van der Waals surface area contributed by atoms with Gasteiger partial charge in [0.05, 0.1) is 18.4 Å². The standard InChI is InChI=1S/C18H19FN4/c19-15-6-4-14(5-7-15)16-2-1-3-18-17(16)12-21-23(18)13-22-10-8-20-9-11-22/h1-7,12,20H,8-11,13H2. The highest BCUT2D eigenvalue weighted by Gasteiger charge is 2.13. The smallest absolute Gasteiger partial charge is 0.123 e. The van der Waals surface area contributed by atoms with Crippen molar-refractivity contribution in [3.05, 3.63) is 54.5 Å². The minimum atomic E-state index is -0.213. The highest BCUT2D eigenvalue weighted by atomic mass is 19.1. The first kappa shape index (κ1) is 14.4. The maximum Gasteiger partial charge on any atom is 0.123 e. The van der Waals surface area contributed by atoms with Crippen molar-refractivity contribution < 1.29 is 4.39 Å². The van der Waals surface area contributed by atoms with Gasteiger partial charge in [-0.2, -0.15) is 5.10 Å². The summed E-state index contributed by atoms with van der Waals surface area (Å²) in [6.45, 7) is 4.94. The summed E-state index contributed by atoms with van der Waals surface area (Å²) in [5.41, 5.74) is 3.22. The van der Waals surface area contributed by atoms with Crippen LogP contribution in [0.2, 0.25) is 0 Å². The Hall–Kier alpha value is -2.24. The molecule has 0 aliphatic carbocycles.